The van der Waals surface area contributed by atoms with Crippen molar-refractivity contribution in [2.24, 2.45) is 5.10 Å². The average molecular weight is 532 g/mol. The smallest absolute Gasteiger partial charge is 0.379 e. The van der Waals surface area contributed by atoms with Gasteiger partial charge in [-0.05, 0) is 73.2 Å². The molecule has 4 rings (SSSR count). The van der Waals surface area contributed by atoms with E-state index in [1.165, 1.54) is 24.6 Å². The van der Waals surface area contributed by atoms with Crippen LogP contribution in [0.4, 0.5) is 5.69 Å². The highest BCUT2D eigenvalue weighted by molar-refractivity contribution is 6.34. The van der Waals surface area contributed by atoms with Crippen molar-refractivity contribution in [2.75, 3.05) is 11.9 Å². The Kier molecular flexibility index (Phi) is 8.53. The van der Waals surface area contributed by atoms with Crippen LogP contribution in [0.1, 0.15) is 43.8 Å². The number of ether oxygens (including phenoxy) is 2. The number of carbonyl (C=O) groups is 3. The molecule has 0 radical (unpaired) electrons. The maximum absolute atomic E-state index is 12.6. The number of anilines is 1. The molecule has 0 saturated carbocycles. The highest BCUT2D eigenvalue weighted by atomic mass is 35.5. The summed E-state index contributed by atoms with van der Waals surface area (Å²) in [6, 6.07) is 21.0. The molecule has 38 heavy (non-hydrogen) atoms. The number of esters is 1. The number of nitrogens with zero attached hydrogens (tertiary/aromatic N) is 1. The predicted molar refractivity (Wildman–Crippen MR) is 142 cm³/mol. The zero-order valence-corrected chi connectivity index (χ0v) is 20.9. The van der Waals surface area contributed by atoms with E-state index >= 15 is 0 Å². The van der Waals surface area contributed by atoms with Gasteiger partial charge in [0.15, 0.2) is 11.5 Å². The molecule has 0 aliphatic heterocycles. The zero-order chi connectivity index (χ0) is 26.9. The van der Waals surface area contributed by atoms with E-state index < -0.39 is 17.8 Å². The summed E-state index contributed by atoms with van der Waals surface area (Å²) in [4.78, 5) is 37.3. The highest BCUT2D eigenvalue weighted by Crippen LogP contribution is 2.29. The number of hydrazone groups is 1. The number of carbonyl (C=O) groups excluding carboxylic acids is 3. The van der Waals surface area contributed by atoms with E-state index in [9.17, 15) is 14.4 Å². The molecule has 1 aromatic heterocycles. The second kappa shape index (κ2) is 12.4. The summed E-state index contributed by atoms with van der Waals surface area (Å²) in [6.45, 7) is 2.14. The molecular formula is C28H22ClN3O6. The van der Waals surface area contributed by atoms with Gasteiger partial charge in [0.25, 0.3) is 11.8 Å². The van der Waals surface area contributed by atoms with Crippen LogP contribution in [-0.2, 0) is 0 Å². The number of nitrogens with one attached hydrogen (secondary N) is 2. The Hall–Kier alpha value is -4.89. The third-order valence-corrected chi connectivity index (χ3v) is 5.40. The normalized spacial score (nSPS) is 10.7. The molecule has 2 N–H and O–H groups in total. The quantitative estimate of drug-likeness (QED) is 0.126. The largest absolute Gasteiger partial charge is 0.490 e. The average Bonchev–Trinajstić information content (AvgIpc) is 3.46. The van der Waals surface area contributed by atoms with E-state index in [1.807, 2.05) is 0 Å². The lowest BCUT2D eigenvalue weighted by Gasteiger charge is -2.10. The summed E-state index contributed by atoms with van der Waals surface area (Å²) < 4.78 is 16.0. The second-order valence-electron chi connectivity index (χ2n) is 7.72. The molecule has 0 aliphatic carbocycles. The predicted octanol–water partition coefficient (Wildman–Crippen LogP) is 5.57. The van der Waals surface area contributed by atoms with Crippen molar-refractivity contribution in [3.05, 3.63) is 113 Å². The van der Waals surface area contributed by atoms with Crippen LogP contribution in [0.25, 0.3) is 0 Å². The van der Waals surface area contributed by atoms with Crippen molar-refractivity contribution in [2.45, 2.75) is 6.92 Å². The summed E-state index contributed by atoms with van der Waals surface area (Å²) in [6.07, 6.45) is 2.79. The number of rotatable bonds is 9. The fourth-order valence-corrected chi connectivity index (χ4v) is 3.54. The highest BCUT2D eigenvalue weighted by Gasteiger charge is 2.15. The van der Waals surface area contributed by atoms with Gasteiger partial charge in [-0.15, -0.1) is 0 Å². The Labute approximate surface area is 223 Å². The van der Waals surface area contributed by atoms with Crippen LogP contribution in [-0.4, -0.2) is 30.6 Å². The van der Waals surface area contributed by atoms with Gasteiger partial charge in [-0.3, -0.25) is 9.59 Å². The second-order valence-corrected chi connectivity index (χ2v) is 8.13. The first-order valence-electron chi connectivity index (χ1n) is 11.5. The van der Waals surface area contributed by atoms with Crippen molar-refractivity contribution in [3.8, 4) is 11.5 Å². The Bertz CT molecular complexity index is 1480. The lowest BCUT2D eigenvalue weighted by molar-refractivity contribution is 0.0694. The maximum atomic E-state index is 12.6. The van der Waals surface area contributed by atoms with Crippen LogP contribution >= 0.6 is 11.6 Å². The molecule has 0 aliphatic rings. The van der Waals surface area contributed by atoms with Crippen molar-refractivity contribution >= 4 is 41.3 Å². The lowest BCUT2D eigenvalue weighted by atomic mass is 10.1. The first kappa shape index (κ1) is 26.2. The zero-order valence-electron chi connectivity index (χ0n) is 20.1. The van der Waals surface area contributed by atoms with Gasteiger partial charge in [0, 0.05) is 11.3 Å². The van der Waals surface area contributed by atoms with E-state index in [-0.39, 0.29) is 17.1 Å². The van der Waals surface area contributed by atoms with Gasteiger partial charge in [0.1, 0.15) is 0 Å². The van der Waals surface area contributed by atoms with Crippen molar-refractivity contribution in [1.29, 1.82) is 0 Å². The molecular weight excluding hydrogens is 510 g/mol. The van der Waals surface area contributed by atoms with E-state index in [1.54, 1.807) is 73.7 Å². The minimum absolute atomic E-state index is 0.0632. The van der Waals surface area contributed by atoms with Crippen LogP contribution in [0.15, 0.2) is 94.6 Å². The number of hydrogen-bond donors (Lipinski definition) is 2. The van der Waals surface area contributed by atoms with Crippen LogP contribution in [0.5, 0.6) is 11.5 Å². The van der Waals surface area contributed by atoms with Gasteiger partial charge in [0.2, 0.25) is 5.76 Å². The molecule has 2 amide bonds. The van der Waals surface area contributed by atoms with Gasteiger partial charge < -0.3 is 19.2 Å². The summed E-state index contributed by atoms with van der Waals surface area (Å²) >= 11 is 6.08. The van der Waals surface area contributed by atoms with Crippen LogP contribution in [0, 0.1) is 0 Å². The summed E-state index contributed by atoms with van der Waals surface area (Å²) in [7, 11) is 0. The molecule has 192 valence electrons. The molecule has 0 atom stereocenters. The van der Waals surface area contributed by atoms with Crippen molar-refractivity contribution < 1.29 is 28.3 Å². The molecule has 0 unspecified atom stereocenters. The third-order valence-electron chi connectivity index (χ3n) is 5.07. The van der Waals surface area contributed by atoms with E-state index in [0.29, 0.717) is 34.2 Å². The minimum Gasteiger partial charge on any atom is -0.490 e. The molecule has 0 saturated heterocycles. The maximum Gasteiger partial charge on any atom is 0.379 e. The molecule has 0 bridgehead atoms. The number of benzene rings is 3. The van der Waals surface area contributed by atoms with Crippen molar-refractivity contribution in [1.82, 2.24) is 5.43 Å². The molecule has 3 aromatic carbocycles. The van der Waals surface area contributed by atoms with Gasteiger partial charge in [-0.2, -0.15) is 5.10 Å². The number of furan rings is 1. The van der Waals surface area contributed by atoms with E-state index in [4.69, 9.17) is 25.5 Å². The SMILES string of the molecule is CCOc1cc(C=NNC(=O)c2cccc(NC(=O)c3ccccc3Cl)c2)ccc1OC(=O)c1ccco1. The van der Waals surface area contributed by atoms with Crippen LogP contribution in [0.3, 0.4) is 0 Å². The van der Waals surface area contributed by atoms with Crippen molar-refractivity contribution in [3.63, 3.8) is 0 Å². The lowest BCUT2D eigenvalue weighted by Crippen LogP contribution is -2.18. The van der Waals surface area contributed by atoms with Crippen LogP contribution in [0.2, 0.25) is 5.02 Å². The first-order chi connectivity index (χ1) is 18.4. The fourth-order valence-electron chi connectivity index (χ4n) is 3.31. The third kappa shape index (κ3) is 6.65. The van der Waals surface area contributed by atoms with Crippen LogP contribution < -0.4 is 20.2 Å². The Balaban J connectivity index is 1.40. The monoisotopic (exact) mass is 531 g/mol. The van der Waals surface area contributed by atoms with Gasteiger partial charge >= 0.3 is 5.97 Å². The molecule has 9 nitrogen and oxygen atoms in total. The van der Waals surface area contributed by atoms with E-state index in [0.717, 1.165) is 0 Å². The van der Waals surface area contributed by atoms with E-state index in [2.05, 4.69) is 15.8 Å². The number of halogens is 1. The Morgan fingerprint density at radius 1 is 0.947 bits per heavy atom. The van der Waals surface area contributed by atoms with Gasteiger partial charge in [-0.25, -0.2) is 10.2 Å². The minimum atomic E-state index is -0.657. The van der Waals surface area contributed by atoms with Gasteiger partial charge in [0.05, 0.1) is 29.7 Å². The number of hydrogen-bond acceptors (Lipinski definition) is 7. The summed E-state index contributed by atoms with van der Waals surface area (Å²) in [5, 5.41) is 7.04. The number of amides is 2. The molecule has 0 fully saturated rings. The van der Waals surface area contributed by atoms with Gasteiger partial charge in [-0.1, -0.05) is 29.8 Å². The molecule has 0 spiro atoms. The molecule has 1 heterocycles. The first-order valence-corrected chi connectivity index (χ1v) is 11.8. The standard InChI is InChI=1S/C28H22ClN3O6/c1-2-36-25-15-18(12-13-23(25)38-28(35)24-11-6-14-37-24)17-30-32-26(33)19-7-5-8-20(16-19)31-27(34)21-9-3-4-10-22(21)29/h3-17H,2H2,1H3,(H,31,34)(H,32,33). The summed E-state index contributed by atoms with van der Waals surface area (Å²) in [5.74, 6) is -0.934. The Morgan fingerprint density at radius 2 is 1.79 bits per heavy atom. The summed E-state index contributed by atoms with van der Waals surface area (Å²) in [5.41, 5.74) is 4.07. The molecule has 4 aromatic rings. The Morgan fingerprint density at radius 3 is 2.55 bits per heavy atom. The topological polar surface area (TPSA) is 119 Å². The fraction of sp³-hybridized carbons (Fsp3) is 0.0714. The molecule has 10 heteroatoms.